The van der Waals surface area contributed by atoms with E-state index in [2.05, 4.69) is 0 Å². The Kier molecular flexibility index (Phi) is 4.41. The van der Waals surface area contributed by atoms with Gasteiger partial charge in [-0.25, -0.2) is 9.18 Å². The molecule has 0 aliphatic carbocycles. The van der Waals surface area contributed by atoms with E-state index in [1.165, 1.54) is 9.80 Å². The van der Waals surface area contributed by atoms with Crippen LogP contribution in [0.3, 0.4) is 0 Å². The van der Waals surface area contributed by atoms with Gasteiger partial charge in [-0.2, -0.15) is 0 Å². The number of aliphatic hydroxyl groups is 1. The third-order valence-corrected chi connectivity index (χ3v) is 3.77. The van der Waals surface area contributed by atoms with Crippen molar-refractivity contribution in [2.24, 2.45) is 0 Å². The predicted molar refractivity (Wildman–Crippen MR) is 73.4 cm³/mol. The van der Waals surface area contributed by atoms with Gasteiger partial charge in [0.15, 0.2) is 0 Å². The number of hydrogen-bond acceptors (Lipinski definition) is 4. The van der Waals surface area contributed by atoms with Crippen LogP contribution in [0.2, 0.25) is 0 Å². The topological polar surface area (TPSA) is 70.1 Å². The molecule has 2 rings (SSSR count). The van der Waals surface area contributed by atoms with Gasteiger partial charge in [-0.05, 0) is 33.6 Å². The SMILES string of the molecule is CC(C)(C)OC(=O)N1CC[C@H](N2CC[C@@H](O)C2=O)[C@@H](F)C1. The van der Waals surface area contributed by atoms with Gasteiger partial charge in [0, 0.05) is 13.1 Å². The second-order valence-electron chi connectivity index (χ2n) is 6.63. The summed E-state index contributed by atoms with van der Waals surface area (Å²) in [6, 6.07) is -0.562. The van der Waals surface area contributed by atoms with Crippen molar-refractivity contribution in [3.05, 3.63) is 0 Å². The van der Waals surface area contributed by atoms with Gasteiger partial charge in [0.25, 0.3) is 5.91 Å². The molecule has 2 aliphatic rings. The predicted octanol–water partition coefficient (Wildman–Crippen LogP) is 0.927. The molecule has 2 amide bonds. The summed E-state index contributed by atoms with van der Waals surface area (Å²) < 4.78 is 19.5. The number of carbonyl (C=O) groups is 2. The first-order valence-corrected chi connectivity index (χ1v) is 7.29. The average Bonchev–Trinajstić information content (AvgIpc) is 2.68. The summed E-state index contributed by atoms with van der Waals surface area (Å²) in [5, 5.41) is 9.45. The smallest absolute Gasteiger partial charge is 0.410 e. The number of rotatable bonds is 1. The van der Waals surface area contributed by atoms with Gasteiger partial charge in [-0.15, -0.1) is 0 Å². The van der Waals surface area contributed by atoms with E-state index >= 15 is 0 Å². The number of hydrogen-bond donors (Lipinski definition) is 1. The van der Waals surface area contributed by atoms with Crippen LogP contribution in [0.5, 0.6) is 0 Å². The lowest BCUT2D eigenvalue weighted by atomic mass is 10.0. The Morgan fingerprint density at radius 3 is 2.48 bits per heavy atom. The minimum absolute atomic E-state index is 0.0839. The van der Waals surface area contributed by atoms with E-state index in [0.717, 1.165) is 0 Å². The molecule has 120 valence electrons. The van der Waals surface area contributed by atoms with Crippen LogP contribution < -0.4 is 0 Å². The van der Waals surface area contributed by atoms with Crippen LogP contribution in [-0.2, 0) is 9.53 Å². The van der Waals surface area contributed by atoms with E-state index < -0.39 is 35.9 Å². The molecule has 0 spiro atoms. The highest BCUT2D eigenvalue weighted by molar-refractivity contribution is 5.83. The van der Waals surface area contributed by atoms with Crippen molar-refractivity contribution in [2.75, 3.05) is 19.6 Å². The number of ether oxygens (including phenoxy) is 1. The summed E-state index contributed by atoms with van der Waals surface area (Å²) in [5.41, 5.74) is -0.616. The van der Waals surface area contributed by atoms with Crippen molar-refractivity contribution in [2.45, 2.75) is 57.5 Å². The number of likely N-dealkylation sites (tertiary alicyclic amines) is 2. The fourth-order valence-corrected chi connectivity index (χ4v) is 2.75. The van der Waals surface area contributed by atoms with Crippen LogP contribution in [0.4, 0.5) is 9.18 Å². The van der Waals surface area contributed by atoms with Crippen molar-refractivity contribution in [3.8, 4) is 0 Å². The maximum atomic E-state index is 14.3. The molecule has 2 heterocycles. The minimum atomic E-state index is -1.32. The van der Waals surface area contributed by atoms with Crippen molar-refractivity contribution in [3.63, 3.8) is 0 Å². The fourth-order valence-electron chi connectivity index (χ4n) is 2.75. The molecule has 0 radical (unpaired) electrons. The Labute approximate surface area is 123 Å². The molecule has 0 saturated carbocycles. The van der Waals surface area contributed by atoms with Crippen molar-refractivity contribution < 1.29 is 23.8 Å². The van der Waals surface area contributed by atoms with E-state index in [1.54, 1.807) is 20.8 Å². The van der Waals surface area contributed by atoms with Gasteiger partial charge < -0.3 is 19.6 Å². The second-order valence-corrected chi connectivity index (χ2v) is 6.63. The van der Waals surface area contributed by atoms with Gasteiger partial charge in [0.1, 0.15) is 17.9 Å². The second kappa shape index (κ2) is 5.79. The maximum absolute atomic E-state index is 14.3. The number of amides is 2. The number of alkyl halides is 1. The van der Waals surface area contributed by atoms with Crippen molar-refractivity contribution in [1.82, 2.24) is 9.80 Å². The van der Waals surface area contributed by atoms with Crippen LogP contribution in [0.1, 0.15) is 33.6 Å². The lowest BCUT2D eigenvalue weighted by Gasteiger charge is -2.39. The van der Waals surface area contributed by atoms with E-state index in [1.807, 2.05) is 0 Å². The van der Waals surface area contributed by atoms with Crippen molar-refractivity contribution >= 4 is 12.0 Å². The summed E-state index contributed by atoms with van der Waals surface area (Å²) in [6.45, 7) is 5.91. The molecule has 21 heavy (non-hydrogen) atoms. The number of piperidine rings is 1. The first-order valence-electron chi connectivity index (χ1n) is 7.29. The minimum Gasteiger partial charge on any atom is -0.444 e. The standard InChI is InChI=1S/C14H23FN2O4/c1-14(2,3)21-13(20)16-6-4-10(9(15)8-16)17-7-5-11(18)12(17)19/h9-11,18H,4-8H2,1-3H3/t9-,10-,11+/m0/s1. The lowest BCUT2D eigenvalue weighted by molar-refractivity contribution is -0.138. The molecule has 7 heteroatoms. The zero-order chi connectivity index (χ0) is 15.8. The summed E-state index contributed by atoms with van der Waals surface area (Å²) in [6.07, 6.45) is -2.16. The molecule has 0 aromatic carbocycles. The molecule has 2 aliphatic heterocycles. The normalized spacial score (nSPS) is 30.7. The Bertz CT molecular complexity index is 424. The lowest BCUT2D eigenvalue weighted by Crippen LogP contribution is -2.55. The Morgan fingerprint density at radius 2 is 2.00 bits per heavy atom. The van der Waals surface area contributed by atoms with E-state index in [4.69, 9.17) is 4.74 Å². The molecule has 3 atom stereocenters. The Balaban J connectivity index is 1.93. The van der Waals surface area contributed by atoms with Crippen LogP contribution >= 0.6 is 0 Å². The number of carbonyl (C=O) groups excluding carboxylic acids is 2. The Hall–Kier alpha value is -1.37. The maximum Gasteiger partial charge on any atom is 0.410 e. The molecule has 0 unspecified atom stereocenters. The molecular formula is C14H23FN2O4. The average molecular weight is 302 g/mol. The van der Waals surface area contributed by atoms with Crippen LogP contribution in [0, 0.1) is 0 Å². The molecule has 6 nitrogen and oxygen atoms in total. The summed E-state index contributed by atoms with van der Waals surface area (Å²) in [7, 11) is 0. The molecular weight excluding hydrogens is 279 g/mol. The fraction of sp³-hybridized carbons (Fsp3) is 0.857. The van der Waals surface area contributed by atoms with Crippen LogP contribution in [-0.4, -0.2) is 70.5 Å². The third-order valence-electron chi connectivity index (χ3n) is 3.77. The molecule has 0 aromatic rings. The molecule has 0 aromatic heterocycles. The summed E-state index contributed by atoms with van der Waals surface area (Å²) in [5.74, 6) is -0.409. The molecule has 0 bridgehead atoms. The molecule has 2 saturated heterocycles. The quantitative estimate of drug-likeness (QED) is 0.782. The van der Waals surface area contributed by atoms with Gasteiger partial charge in [0.2, 0.25) is 0 Å². The van der Waals surface area contributed by atoms with Gasteiger partial charge in [-0.3, -0.25) is 4.79 Å². The monoisotopic (exact) mass is 302 g/mol. The summed E-state index contributed by atoms with van der Waals surface area (Å²) in [4.78, 5) is 26.4. The van der Waals surface area contributed by atoms with E-state index in [-0.39, 0.29) is 6.54 Å². The highest BCUT2D eigenvalue weighted by Gasteiger charge is 2.42. The number of nitrogens with zero attached hydrogens (tertiary/aromatic N) is 2. The van der Waals surface area contributed by atoms with Crippen molar-refractivity contribution in [1.29, 1.82) is 0 Å². The first-order chi connectivity index (χ1) is 9.69. The zero-order valence-electron chi connectivity index (χ0n) is 12.7. The first kappa shape index (κ1) is 16.0. The number of halogens is 1. The van der Waals surface area contributed by atoms with Gasteiger partial charge in [0.05, 0.1) is 12.6 Å². The van der Waals surface area contributed by atoms with E-state index in [9.17, 15) is 19.1 Å². The Morgan fingerprint density at radius 1 is 1.33 bits per heavy atom. The number of aliphatic hydroxyl groups excluding tert-OH is 1. The van der Waals surface area contributed by atoms with Gasteiger partial charge in [-0.1, -0.05) is 0 Å². The highest BCUT2D eigenvalue weighted by atomic mass is 19.1. The molecule has 1 N–H and O–H groups in total. The van der Waals surface area contributed by atoms with Crippen LogP contribution in [0.25, 0.3) is 0 Å². The molecule has 2 fully saturated rings. The van der Waals surface area contributed by atoms with Crippen LogP contribution in [0.15, 0.2) is 0 Å². The largest absolute Gasteiger partial charge is 0.444 e. The summed E-state index contributed by atoms with van der Waals surface area (Å²) >= 11 is 0. The third kappa shape index (κ3) is 3.64. The van der Waals surface area contributed by atoms with Gasteiger partial charge >= 0.3 is 6.09 Å². The zero-order valence-corrected chi connectivity index (χ0v) is 12.7. The highest BCUT2D eigenvalue weighted by Crippen LogP contribution is 2.25. The van der Waals surface area contributed by atoms with E-state index in [0.29, 0.717) is 25.9 Å².